The average molecular weight is 780 g/mol. The van der Waals surface area contributed by atoms with Crippen LogP contribution in [0.3, 0.4) is 0 Å². The molecule has 0 aliphatic carbocycles. The number of aromatic nitrogens is 3. The van der Waals surface area contributed by atoms with Crippen molar-refractivity contribution in [3.8, 4) is 50.6 Å². The van der Waals surface area contributed by atoms with Gasteiger partial charge in [-0.1, -0.05) is 152 Å². The summed E-state index contributed by atoms with van der Waals surface area (Å²) in [4.78, 5) is 10.8. The molecule has 5 nitrogen and oxygen atoms in total. The van der Waals surface area contributed by atoms with Crippen LogP contribution in [0.5, 0.6) is 0 Å². The Morgan fingerprint density at radius 2 is 0.951 bits per heavy atom. The first-order valence-electron chi connectivity index (χ1n) is 20.6. The summed E-state index contributed by atoms with van der Waals surface area (Å²) in [6.07, 6.45) is 0. The van der Waals surface area contributed by atoms with Crippen molar-refractivity contribution in [2.75, 3.05) is 0 Å². The Hall–Kier alpha value is -8.28. The fraction of sp³-hybridized carbons (Fsp3) is 0. The van der Waals surface area contributed by atoms with Gasteiger partial charge in [0.05, 0.1) is 22.2 Å². The highest BCUT2D eigenvalue weighted by molar-refractivity contribution is 6.16. The second-order valence-electron chi connectivity index (χ2n) is 15.7. The van der Waals surface area contributed by atoms with E-state index in [0.29, 0.717) is 5.95 Å². The van der Waals surface area contributed by atoms with Crippen molar-refractivity contribution in [1.82, 2.24) is 14.5 Å². The van der Waals surface area contributed by atoms with Crippen LogP contribution in [-0.4, -0.2) is 14.5 Å². The lowest BCUT2D eigenvalue weighted by Gasteiger charge is -2.14. The van der Waals surface area contributed by atoms with Gasteiger partial charge in [0.15, 0.2) is 0 Å². The van der Waals surface area contributed by atoms with Crippen LogP contribution in [0.2, 0.25) is 0 Å². The number of hydrogen-bond acceptors (Lipinski definition) is 4. The number of rotatable bonds is 5. The number of fused-ring (bicyclic) bond motifs is 10. The predicted molar refractivity (Wildman–Crippen MR) is 250 cm³/mol. The molecule has 0 unspecified atom stereocenters. The van der Waals surface area contributed by atoms with Crippen LogP contribution in [-0.2, 0) is 0 Å². The summed E-state index contributed by atoms with van der Waals surface area (Å²) in [6, 6.07) is 70.2. The molecule has 0 spiro atoms. The van der Waals surface area contributed by atoms with Gasteiger partial charge in [0.25, 0.3) is 0 Å². The van der Waals surface area contributed by atoms with Gasteiger partial charge in [-0.05, 0) is 70.8 Å². The third-order valence-corrected chi connectivity index (χ3v) is 12.2. The normalized spacial score (nSPS) is 11.9. The minimum atomic E-state index is 0.614. The number of nitrogens with zero attached hydrogens (tertiary/aromatic N) is 3. The van der Waals surface area contributed by atoms with Crippen molar-refractivity contribution in [2.24, 2.45) is 0 Å². The van der Waals surface area contributed by atoms with Crippen LogP contribution in [0.4, 0.5) is 0 Å². The van der Waals surface area contributed by atoms with Crippen LogP contribution >= 0.6 is 0 Å². The van der Waals surface area contributed by atoms with Crippen LogP contribution in [0.1, 0.15) is 0 Å². The van der Waals surface area contributed by atoms with E-state index in [4.69, 9.17) is 18.8 Å². The Morgan fingerprint density at radius 3 is 1.82 bits per heavy atom. The predicted octanol–water partition coefficient (Wildman–Crippen LogP) is 15.2. The maximum atomic E-state index is 6.54. The molecule has 0 aliphatic heterocycles. The van der Waals surface area contributed by atoms with Crippen LogP contribution in [0.15, 0.2) is 209 Å². The van der Waals surface area contributed by atoms with Gasteiger partial charge < -0.3 is 8.83 Å². The van der Waals surface area contributed by atoms with E-state index >= 15 is 0 Å². The Balaban J connectivity index is 1.06. The molecule has 9 aromatic carbocycles. The van der Waals surface area contributed by atoms with Crippen molar-refractivity contribution in [1.29, 1.82) is 0 Å². The molecule has 13 rings (SSSR count). The maximum absolute atomic E-state index is 6.54. The monoisotopic (exact) mass is 779 g/mol. The second-order valence-corrected chi connectivity index (χ2v) is 15.7. The number of benzene rings is 9. The highest BCUT2D eigenvalue weighted by Crippen LogP contribution is 2.43. The number of hydrogen-bond donors (Lipinski definition) is 0. The molecule has 4 heterocycles. The highest BCUT2D eigenvalue weighted by atomic mass is 16.3. The smallest absolute Gasteiger partial charge is 0.235 e. The quantitative estimate of drug-likeness (QED) is 0.175. The lowest BCUT2D eigenvalue weighted by Crippen LogP contribution is -2.04. The van der Waals surface area contributed by atoms with E-state index in [9.17, 15) is 0 Å². The van der Waals surface area contributed by atoms with Gasteiger partial charge in [0.2, 0.25) is 5.95 Å². The van der Waals surface area contributed by atoms with Gasteiger partial charge in [-0.15, -0.1) is 0 Å². The zero-order chi connectivity index (χ0) is 40.0. The largest absolute Gasteiger partial charge is 0.456 e. The number of para-hydroxylation sites is 5. The molecule has 0 N–H and O–H groups in total. The van der Waals surface area contributed by atoms with Crippen LogP contribution < -0.4 is 0 Å². The maximum Gasteiger partial charge on any atom is 0.235 e. The molecule has 0 amide bonds. The lowest BCUT2D eigenvalue weighted by atomic mass is 9.96. The van der Waals surface area contributed by atoms with Gasteiger partial charge in [0, 0.05) is 54.4 Å². The highest BCUT2D eigenvalue weighted by Gasteiger charge is 2.22. The van der Waals surface area contributed by atoms with Gasteiger partial charge in [-0.3, -0.25) is 4.57 Å². The zero-order valence-corrected chi connectivity index (χ0v) is 32.7. The molecule has 61 heavy (non-hydrogen) atoms. The Bertz CT molecular complexity index is 3890. The van der Waals surface area contributed by atoms with Crippen molar-refractivity contribution < 1.29 is 8.83 Å². The summed E-state index contributed by atoms with van der Waals surface area (Å²) < 4.78 is 15.1. The molecule has 0 aliphatic rings. The zero-order valence-electron chi connectivity index (χ0n) is 32.7. The molecule has 0 fully saturated rings. The van der Waals surface area contributed by atoms with E-state index in [1.165, 1.54) is 0 Å². The van der Waals surface area contributed by atoms with E-state index in [1.807, 2.05) is 36.4 Å². The Kier molecular flexibility index (Phi) is 7.24. The lowest BCUT2D eigenvalue weighted by molar-refractivity contribution is 0.669. The summed E-state index contributed by atoms with van der Waals surface area (Å²) >= 11 is 0. The molecule has 0 radical (unpaired) electrons. The molecule has 5 heteroatoms. The van der Waals surface area contributed by atoms with Crippen molar-refractivity contribution in [3.63, 3.8) is 0 Å². The molecule has 0 saturated heterocycles. The number of furan rings is 2. The van der Waals surface area contributed by atoms with Gasteiger partial charge in [-0.2, -0.15) is 0 Å². The first-order valence-corrected chi connectivity index (χ1v) is 20.6. The van der Waals surface area contributed by atoms with E-state index in [1.54, 1.807) is 0 Å². The van der Waals surface area contributed by atoms with Gasteiger partial charge >= 0.3 is 0 Å². The molecular weight excluding hydrogens is 747 g/mol. The summed E-state index contributed by atoms with van der Waals surface area (Å²) in [7, 11) is 0. The Labute approximate surface area is 349 Å². The summed E-state index contributed by atoms with van der Waals surface area (Å²) in [5.74, 6) is 0.614. The summed E-state index contributed by atoms with van der Waals surface area (Å²) in [5.41, 5.74) is 14.9. The van der Waals surface area contributed by atoms with Crippen molar-refractivity contribution >= 4 is 76.6 Å². The molecule has 284 valence electrons. The fourth-order valence-corrected chi connectivity index (χ4v) is 9.40. The minimum Gasteiger partial charge on any atom is -0.456 e. The molecule has 13 aromatic rings. The minimum absolute atomic E-state index is 0.614. The van der Waals surface area contributed by atoms with Crippen molar-refractivity contribution in [3.05, 3.63) is 200 Å². The van der Waals surface area contributed by atoms with Gasteiger partial charge in [0.1, 0.15) is 22.3 Å². The van der Waals surface area contributed by atoms with E-state index in [0.717, 1.165) is 121 Å². The van der Waals surface area contributed by atoms with Crippen LogP contribution in [0.25, 0.3) is 127 Å². The standard InChI is InChI=1S/C56H33N3O2/c1-2-13-34(14-3-1)53-46-19-4-7-24-48(46)57-56(58-53)59-49-30-28-38(40-21-12-23-45-42-18-6-9-26-51(42)61-55(40)45)32-47(49)44-22-11-20-39(54(44)59)37-16-10-15-35(31-37)36-27-29-43-41-17-5-8-25-50(41)60-52(43)33-36/h1-33H. The average Bonchev–Trinajstić information content (AvgIpc) is 4.01. The second kappa shape index (κ2) is 13.1. The molecule has 0 saturated carbocycles. The van der Waals surface area contributed by atoms with E-state index in [-0.39, 0.29) is 0 Å². The van der Waals surface area contributed by atoms with Crippen LogP contribution in [0, 0.1) is 0 Å². The Morgan fingerprint density at radius 1 is 0.344 bits per heavy atom. The third-order valence-electron chi connectivity index (χ3n) is 12.2. The fourth-order valence-electron chi connectivity index (χ4n) is 9.40. The third kappa shape index (κ3) is 5.21. The molecule has 4 aromatic heterocycles. The molecule has 0 atom stereocenters. The first-order chi connectivity index (χ1) is 30.2. The van der Waals surface area contributed by atoms with E-state index in [2.05, 4.69) is 168 Å². The summed E-state index contributed by atoms with van der Waals surface area (Å²) in [6.45, 7) is 0. The van der Waals surface area contributed by atoms with Crippen molar-refractivity contribution in [2.45, 2.75) is 0 Å². The van der Waals surface area contributed by atoms with E-state index < -0.39 is 0 Å². The first kappa shape index (κ1) is 33.7. The molecule has 0 bridgehead atoms. The topological polar surface area (TPSA) is 57.0 Å². The van der Waals surface area contributed by atoms with Gasteiger partial charge in [-0.25, -0.2) is 9.97 Å². The SMILES string of the molecule is c1ccc(-c2nc(-n3c4ccc(-c5cccc6c5oc5ccccc56)cc4c4cccc(-c5cccc(-c6ccc7c(c6)oc6ccccc67)c5)c43)nc3ccccc23)cc1. The molecular formula is C56H33N3O2. The summed E-state index contributed by atoms with van der Waals surface area (Å²) in [5, 5.41) is 7.69.